The summed E-state index contributed by atoms with van der Waals surface area (Å²) in [5, 5.41) is 0. The van der Waals surface area contributed by atoms with E-state index in [1.54, 1.807) is 11.8 Å². The summed E-state index contributed by atoms with van der Waals surface area (Å²) < 4.78 is 0. The van der Waals surface area contributed by atoms with Crippen molar-refractivity contribution >= 4 is 18.0 Å². The van der Waals surface area contributed by atoms with Crippen LogP contribution in [0.2, 0.25) is 0 Å². The van der Waals surface area contributed by atoms with Gasteiger partial charge in [0.25, 0.3) is 0 Å². The molecule has 0 atom stereocenters. The highest BCUT2D eigenvalue weighted by Crippen LogP contribution is 2.30. The van der Waals surface area contributed by atoms with E-state index in [9.17, 15) is 4.79 Å². The molecule has 0 amide bonds. The number of benzene rings is 2. The molecule has 86 valence electrons. The van der Waals surface area contributed by atoms with Gasteiger partial charge in [-0.3, -0.25) is 4.79 Å². The number of rotatable bonds is 3. The van der Waals surface area contributed by atoms with Crippen molar-refractivity contribution in [1.29, 1.82) is 0 Å². The fourth-order valence-electron chi connectivity index (χ4n) is 1.66. The smallest absolute Gasteiger partial charge is 0.150 e. The summed E-state index contributed by atoms with van der Waals surface area (Å²) in [5.74, 6) is 0. The molecule has 0 aliphatic heterocycles. The number of aryl methyl sites for hydroxylation is 2. The van der Waals surface area contributed by atoms with E-state index in [2.05, 4.69) is 32.0 Å². The van der Waals surface area contributed by atoms with Crippen LogP contribution < -0.4 is 0 Å². The maximum Gasteiger partial charge on any atom is 0.150 e. The molecule has 2 aromatic rings. The van der Waals surface area contributed by atoms with Crippen LogP contribution >= 0.6 is 11.8 Å². The van der Waals surface area contributed by atoms with Crippen LogP contribution in [0.4, 0.5) is 0 Å². The average Bonchev–Trinajstić information content (AvgIpc) is 2.34. The molecule has 0 saturated carbocycles. The first-order valence-corrected chi connectivity index (χ1v) is 6.31. The van der Waals surface area contributed by atoms with Crippen molar-refractivity contribution < 1.29 is 4.79 Å². The molecule has 0 bridgehead atoms. The van der Waals surface area contributed by atoms with Crippen molar-refractivity contribution in [3.05, 3.63) is 59.2 Å². The molecule has 2 heteroatoms. The van der Waals surface area contributed by atoms with Crippen molar-refractivity contribution in [1.82, 2.24) is 0 Å². The molecule has 0 heterocycles. The standard InChI is InChI=1S/C15H14OS/c1-11-3-8-15(12(2)9-11)17-14-6-4-13(10-16)5-7-14/h3-10H,1-2H3. The summed E-state index contributed by atoms with van der Waals surface area (Å²) in [5.41, 5.74) is 3.28. The Morgan fingerprint density at radius 3 is 2.29 bits per heavy atom. The molecule has 2 aromatic carbocycles. The molecule has 0 N–H and O–H groups in total. The van der Waals surface area contributed by atoms with Crippen LogP contribution in [0.25, 0.3) is 0 Å². The van der Waals surface area contributed by atoms with E-state index in [0.29, 0.717) is 0 Å². The van der Waals surface area contributed by atoms with Crippen molar-refractivity contribution in [2.75, 3.05) is 0 Å². The van der Waals surface area contributed by atoms with E-state index in [1.807, 2.05) is 24.3 Å². The summed E-state index contributed by atoms with van der Waals surface area (Å²) in [4.78, 5) is 13.0. The van der Waals surface area contributed by atoms with Crippen LogP contribution in [0.15, 0.2) is 52.3 Å². The number of carbonyl (C=O) groups is 1. The fraction of sp³-hybridized carbons (Fsp3) is 0.133. The van der Waals surface area contributed by atoms with E-state index in [1.165, 1.54) is 16.0 Å². The Kier molecular flexibility index (Phi) is 3.64. The first kappa shape index (κ1) is 11.9. The Hall–Kier alpha value is -1.54. The highest BCUT2D eigenvalue weighted by atomic mass is 32.2. The molecule has 0 saturated heterocycles. The number of aldehydes is 1. The first-order chi connectivity index (χ1) is 8.19. The van der Waals surface area contributed by atoms with E-state index < -0.39 is 0 Å². The van der Waals surface area contributed by atoms with Gasteiger partial charge in [0.1, 0.15) is 6.29 Å². The minimum atomic E-state index is 0.718. The van der Waals surface area contributed by atoms with E-state index >= 15 is 0 Å². The highest BCUT2D eigenvalue weighted by molar-refractivity contribution is 7.99. The maximum atomic E-state index is 10.6. The van der Waals surface area contributed by atoms with Gasteiger partial charge in [0, 0.05) is 15.4 Å². The molecule has 0 aromatic heterocycles. The second-order valence-electron chi connectivity index (χ2n) is 4.06. The van der Waals surface area contributed by atoms with Gasteiger partial charge in [-0.1, -0.05) is 41.6 Å². The van der Waals surface area contributed by atoms with Crippen molar-refractivity contribution in [3.8, 4) is 0 Å². The van der Waals surface area contributed by atoms with Crippen LogP contribution in [-0.4, -0.2) is 6.29 Å². The number of hydrogen-bond donors (Lipinski definition) is 0. The van der Waals surface area contributed by atoms with Gasteiger partial charge in [-0.05, 0) is 37.6 Å². The van der Waals surface area contributed by atoms with Gasteiger partial charge in [0.15, 0.2) is 0 Å². The molecule has 0 radical (unpaired) electrons. The number of carbonyl (C=O) groups excluding carboxylic acids is 1. The zero-order valence-corrected chi connectivity index (χ0v) is 10.8. The van der Waals surface area contributed by atoms with Crippen LogP contribution in [-0.2, 0) is 0 Å². The summed E-state index contributed by atoms with van der Waals surface area (Å²) in [6.45, 7) is 4.22. The molecule has 0 aliphatic rings. The number of hydrogen-bond acceptors (Lipinski definition) is 2. The summed E-state index contributed by atoms with van der Waals surface area (Å²) in [6, 6.07) is 14.1. The van der Waals surface area contributed by atoms with Crippen LogP contribution in [0, 0.1) is 13.8 Å². The van der Waals surface area contributed by atoms with Gasteiger partial charge in [0.05, 0.1) is 0 Å². The molecule has 17 heavy (non-hydrogen) atoms. The third kappa shape index (κ3) is 2.98. The molecule has 0 spiro atoms. The second-order valence-corrected chi connectivity index (χ2v) is 5.17. The third-order valence-electron chi connectivity index (χ3n) is 2.57. The van der Waals surface area contributed by atoms with Gasteiger partial charge in [-0.15, -0.1) is 0 Å². The minimum Gasteiger partial charge on any atom is -0.298 e. The molecule has 1 nitrogen and oxygen atoms in total. The van der Waals surface area contributed by atoms with Gasteiger partial charge < -0.3 is 0 Å². The monoisotopic (exact) mass is 242 g/mol. The highest BCUT2D eigenvalue weighted by Gasteiger charge is 2.01. The molecule has 0 aliphatic carbocycles. The predicted octanol–water partition coefficient (Wildman–Crippen LogP) is 4.27. The quantitative estimate of drug-likeness (QED) is 0.748. The minimum absolute atomic E-state index is 0.718. The lowest BCUT2D eigenvalue weighted by atomic mass is 10.2. The zero-order chi connectivity index (χ0) is 12.3. The van der Waals surface area contributed by atoms with E-state index in [-0.39, 0.29) is 0 Å². The average molecular weight is 242 g/mol. The Morgan fingerprint density at radius 1 is 1.00 bits per heavy atom. The fourth-order valence-corrected chi connectivity index (χ4v) is 2.54. The Bertz CT molecular complexity index is 529. The SMILES string of the molecule is Cc1ccc(Sc2ccc(C=O)cc2)c(C)c1. The zero-order valence-electron chi connectivity index (χ0n) is 9.94. The summed E-state index contributed by atoms with van der Waals surface area (Å²) in [7, 11) is 0. The van der Waals surface area contributed by atoms with E-state index in [0.717, 1.165) is 16.7 Å². The van der Waals surface area contributed by atoms with Crippen LogP contribution in [0.3, 0.4) is 0 Å². The molecule has 0 fully saturated rings. The topological polar surface area (TPSA) is 17.1 Å². The van der Waals surface area contributed by atoms with Crippen LogP contribution in [0.1, 0.15) is 21.5 Å². The molecular weight excluding hydrogens is 228 g/mol. The van der Waals surface area contributed by atoms with Gasteiger partial charge in [-0.2, -0.15) is 0 Å². The van der Waals surface area contributed by atoms with Gasteiger partial charge in [-0.25, -0.2) is 0 Å². The largest absolute Gasteiger partial charge is 0.298 e. The lowest BCUT2D eigenvalue weighted by Gasteiger charge is -2.06. The van der Waals surface area contributed by atoms with Crippen LogP contribution in [0.5, 0.6) is 0 Å². The van der Waals surface area contributed by atoms with Crippen molar-refractivity contribution in [2.45, 2.75) is 23.6 Å². The Labute approximate surface area is 106 Å². The third-order valence-corrected chi connectivity index (χ3v) is 3.76. The molecular formula is C15H14OS. The van der Waals surface area contributed by atoms with Crippen molar-refractivity contribution in [2.24, 2.45) is 0 Å². The maximum absolute atomic E-state index is 10.6. The lowest BCUT2D eigenvalue weighted by molar-refractivity contribution is 0.112. The van der Waals surface area contributed by atoms with Gasteiger partial charge in [0.2, 0.25) is 0 Å². The Balaban J connectivity index is 2.22. The van der Waals surface area contributed by atoms with Crippen molar-refractivity contribution in [3.63, 3.8) is 0 Å². The molecule has 2 rings (SSSR count). The Morgan fingerprint density at radius 2 is 1.71 bits per heavy atom. The summed E-state index contributed by atoms with van der Waals surface area (Å²) >= 11 is 1.73. The van der Waals surface area contributed by atoms with Gasteiger partial charge >= 0.3 is 0 Å². The van der Waals surface area contributed by atoms with E-state index in [4.69, 9.17) is 0 Å². The second kappa shape index (κ2) is 5.19. The molecule has 0 unspecified atom stereocenters. The summed E-state index contributed by atoms with van der Waals surface area (Å²) in [6.07, 6.45) is 0.867. The normalized spacial score (nSPS) is 10.2. The first-order valence-electron chi connectivity index (χ1n) is 5.49. The lowest BCUT2D eigenvalue weighted by Crippen LogP contribution is -1.83. The predicted molar refractivity (Wildman–Crippen MR) is 71.9 cm³/mol.